The zero-order valence-corrected chi connectivity index (χ0v) is 14.3. The van der Waals surface area contributed by atoms with Gasteiger partial charge in [0, 0.05) is 35.6 Å². The van der Waals surface area contributed by atoms with Gasteiger partial charge in [-0.05, 0) is 45.0 Å². The Kier molecular flexibility index (Phi) is 4.02. The quantitative estimate of drug-likeness (QED) is 0.945. The molecule has 1 aromatic heterocycles. The molecule has 116 valence electrons. The number of hydrogen-bond acceptors (Lipinski definition) is 4. The Morgan fingerprint density at radius 3 is 2.91 bits per heavy atom. The summed E-state index contributed by atoms with van der Waals surface area (Å²) in [5.41, 5.74) is 4.49. The highest BCUT2D eigenvalue weighted by Gasteiger charge is 2.24. The number of amides is 1. The topological polar surface area (TPSA) is 45.2 Å². The Morgan fingerprint density at radius 1 is 1.45 bits per heavy atom. The number of rotatable bonds is 3. The van der Waals surface area contributed by atoms with Crippen LogP contribution in [0, 0.1) is 6.92 Å². The molecule has 22 heavy (non-hydrogen) atoms. The molecule has 2 aromatic rings. The van der Waals surface area contributed by atoms with E-state index < -0.39 is 0 Å². The lowest BCUT2D eigenvalue weighted by Gasteiger charge is -2.15. The summed E-state index contributed by atoms with van der Waals surface area (Å²) in [5.74, 6) is 0.112. The van der Waals surface area contributed by atoms with Crippen molar-refractivity contribution in [1.82, 2.24) is 10.3 Å². The van der Waals surface area contributed by atoms with E-state index in [2.05, 4.69) is 30.4 Å². The second-order valence-corrected chi connectivity index (χ2v) is 6.96. The van der Waals surface area contributed by atoms with Crippen molar-refractivity contribution >= 4 is 22.9 Å². The third-order valence-electron chi connectivity index (χ3n) is 4.22. The maximum absolute atomic E-state index is 11.7. The van der Waals surface area contributed by atoms with Crippen LogP contribution < -0.4 is 10.2 Å². The molecule has 0 radical (unpaired) electrons. The summed E-state index contributed by atoms with van der Waals surface area (Å²) in [7, 11) is 1.97. The van der Waals surface area contributed by atoms with E-state index in [1.54, 1.807) is 18.3 Å². The number of benzene rings is 1. The van der Waals surface area contributed by atoms with Crippen LogP contribution in [0.1, 0.15) is 35.3 Å². The van der Waals surface area contributed by atoms with Gasteiger partial charge in [0.15, 0.2) is 0 Å². The third-order valence-corrected chi connectivity index (χ3v) is 5.37. The fourth-order valence-corrected chi connectivity index (χ4v) is 3.96. The van der Waals surface area contributed by atoms with Gasteiger partial charge >= 0.3 is 0 Å². The van der Waals surface area contributed by atoms with Crippen LogP contribution in [0.15, 0.2) is 18.2 Å². The van der Waals surface area contributed by atoms with Gasteiger partial charge in [0.1, 0.15) is 0 Å². The molecular formula is C17H21N3OS. The van der Waals surface area contributed by atoms with Gasteiger partial charge in [-0.3, -0.25) is 4.79 Å². The van der Waals surface area contributed by atoms with Crippen LogP contribution >= 0.6 is 11.3 Å². The molecule has 0 saturated heterocycles. The largest absolute Gasteiger partial charge is 0.312 e. The van der Waals surface area contributed by atoms with E-state index in [1.807, 2.05) is 18.9 Å². The summed E-state index contributed by atoms with van der Waals surface area (Å²) in [6.45, 7) is 6.61. The first-order valence-electron chi connectivity index (χ1n) is 7.57. The van der Waals surface area contributed by atoms with E-state index in [4.69, 9.17) is 4.98 Å². The number of aromatic nitrogens is 1. The molecule has 0 bridgehead atoms. The lowest BCUT2D eigenvalue weighted by atomic mass is 10.0. The first-order valence-corrected chi connectivity index (χ1v) is 8.39. The molecule has 2 heterocycles. The molecule has 1 aromatic carbocycles. The maximum atomic E-state index is 11.7. The predicted octanol–water partition coefficient (Wildman–Crippen LogP) is 3.31. The van der Waals surface area contributed by atoms with E-state index in [9.17, 15) is 4.79 Å². The number of carbonyl (C=O) groups excluding carboxylic acids is 1. The zero-order chi connectivity index (χ0) is 15.9. The highest BCUT2D eigenvalue weighted by atomic mass is 32.1. The minimum atomic E-state index is 0.112. The summed E-state index contributed by atoms with van der Waals surface area (Å²) in [5, 5.41) is 4.38. The van der Waals surface area contributed by atoms with Gasteiger partial charge in [-0.1, -0.05) is 6.07 Å². The van der Waals surface area contributed by atoms with Crippen molar-refractivity contribution in [1.29, 1.82) is 0 Å². The van der Waals surface area contributed by atoms with Crippen molar-refractivity contribution in [2.75, 3.05) is 18.5 Å². The number of aryl methyl sites for hydroxylation is 1. The van der Waals surface area contributed by atoms with Crippen LogP contribution in [0.5, 0.6) is 0 Å². The second-order valence-electron chi connectivity index (χ2n) is 5.72. The summed E-state index contributed by atoms with van der Waals surface area (Å²) < 4.78 is 0. The van der Waals surface area contributed by atoms with E-state index >= 15 is 0 Å². The fraction of sp³-hybridized carbons (Fsp3) is 0.412. The molecule has 0 aliphatic carbocycles. The number of carbonyl (C=O) groups is 1. The Hall–Kier alpha value is -1.72. The number of hydrogen-bond donors (Lipinski definition) is 1. The van der Waals surface area contributed by atoms with Gasteiger partial charge in [-0.25, -0.2) is 4.98 Å². The smallest absolute Gasteiger partial charge is 0.223 e. The SMILES string of the molecule is CNC(C)c1sc(C)nc1-c1ccc2c(c1)CCN2C(C)=O. The van der Waals surface area contributed by atoms with Gasteiger partial charge in [0.05, 0.1) is 10.7 Å². The molecule has 0 saturated carbocycles. The van der Waals surface area contributed by atoms with E-state index in [0.29, 0.717) is 0 Å². The molecule has 4 nitrogen and oxygen atoms in total. The number of nitrogens with one attached hydrogen (secondary N) is 1. The standard InChI is InChI=1S/C17H21N3OS/c1-10(18-4)17-16(19-11(2)22-17)14-5-6-15-13(9-14)7-8-20(15)12(3)21/h5-6,9-10,18H,7-8H2,1-4H3. The van der Waals surface area contributed by atoms with Crippen molar-refractivity contribution < 1.29 is 4.79 Å². The molecule has 1 amide bonds. The average Bonchev–Trinajstić information content (AvgIpc) is 3.09. The van der Waals surface area contributed by atoms with Crippen molar-refractivity contribution in [3.05, 3.63) is 33.6 Å². The maximum Gasteiger partial charge on any atom is 0.223 e. The molecule has 3 rings (SSSR count). The second kappa shape index (κ2) is 5.82. The lowest BCUT2D eigenvalue weighted by molar-refractivity contribution is -0.116. The fourth-order valence-electron chi connectivity index (χ4n) is 2.95. The number of thiazole rings is 1. The van der Waals surface area contributed by atoms with Crippen LogP contribution in [0.25, 0.3) is 11.3 Å². The summed E-state index contributed by atoms with van der Waals surface area (Å²) in [6, 6.07) is 6.61. The molecule has 5 heteroatoms. The molecular weight excluding hydrogens is 294 g/mol. The van der Waals surface area contributed by atoms with E-state index in [1.165, 1.54) is 10.4 Å². The van der Waals surface area contributed by atoms with Crippen LogP contribution in [-0.2, 0) is 11.2 Å². The van der Waals surface area contributed by atoms with Crippen LogP contribution in [0.4, 0.5) is 5.69 Å². The summed E-state index contributed by atoms with van der Waals surface area (Å²) in [4.78, 5) is 19.5. The van der Waals surface area contributed by atoms with Crippen LogP contribution in [0.3, 0.4) is 0 Å². The Bertz CT molecular complexity index is 723. The van der Waals surface area contributed by atoms with Crippen LogP contribution in [-0.4, -0.2) is 24.5 Å². The predicted molar refractivity (Wildman–Crippen MR) is 91.5 cm³/mol. The molecule has 1 N–H and O–H groups in total. The highest BCUT2D eigenvalue weighted by molar-refractivity contribution is 7.12. The molecule has 1 atom stereocenters. The van der Waals surface area contributed by atoms with Crippen molar-refractivity contribution in [3.8, 4) is 11.3 Å². The Morgan fingerprint density at radius 2 is 2.23 bits per heavy atom. The van der Waals surface area contributed by atoms with Gasteiger partial charge in [-0.2, -0.15) is 0 Å². The highest BCUT2D eigenvalue weighted by Crippen LogP contribution is 2.36. The molecule has 1 unspecified atom stereocenters. The normalized spacial score (nSPS) is 15.0. The molecule has 1 aliphatic rings. The third kappa shape index (κ3) is 2.55. The van der Waals surface area contributed by atoms with E-state index in [-0.39, 0.29) is 11.9 Å². The summed E-state index contributed by atoms with van der Waals surface area (Å²) in [6.07, 6.45) is 0.919. The zero-order valence-electron chi connectivity index (χ0n) is 13.4. The minimum Gasteiger partial charge on any atom is -0.312 e. The average molecular weight is 315 g/mol. The number of anilines is 1. The van der Waals surface area contributed by atoms with Gasteiger partial charge in [-0.15, -0.1) is 11.3 Å². The lowest BCUT2D eigenvalue weighted by Crippen LogP contribution is -2.25. The Balaban J connectivity index is 2.03. The van der Waals surface area contributed by atoms with Gasteiger partial charge in [0.2, 0.25) is 5.91 Å². The first kappa shape index (κ1) is 15.2. The monoisotopic (exact) mass is 315 g/mol. The first-order chi connectivity index (χ1) is 10.5. The minimum absolute atomic E-state index is 0.112. The van der Waals surface area contributed by atoms with Gasteiger partial charge < -0.3 is 10.2 Å². The van der Waals surface area contributed by atoms with E-state index in [0.717, 1.165) is 34.9 Å². The van der Waals surface area contributed by atoms with Crippen molar-refractivity contribution in [3.63, 3.8) is 0 Å². The van der Waals surface area contributed by atoms with Gasteiger partial charge in [0.25, 0.3) is 0 Å². The Labute approximate surface area is 135 Å². The van der Waals surface area contributed by atoms with Crippen LogP contribution in [0.2, 0.25) is 0 Å². The summed E-state index contributed by atoms with van der Waals surface area (Å²) >= 11 is 1.74. The number of nitrogens with zero attached hydrogens (tertiary/aromatic N) is 2. The van der Waals surface area contributed by atoms with Crippen molar-refractivity contribution in [2.24, 2.45) is 0 Å². The molecule has 0 spiro atoms. The molecule has 1 aliphatic heterocycles. The van der Waals surface area contributed by atoms with Crippen molar-refractivity contribution in [2.45, 2.75) is 33.2 Å². The number of fused-ring (bicyclic) bond motifs is 1. The molecule has 0 fully saturated rings.